The summed E-state index contributed by atoms with van der Waals surface area (Å²) in [6.07, 6.45) is 1.05. The van der Waals surface area contributed by atoms with Crippen LogP contribution in [0.1, 0.15) is 25.1 Å². The molecule has 0 aliphatic rings. The highest BCUT2D eigenvalue weighted by Crippen LogP contribution is 2.30. The lowest BCUT2D eigenvalue weighted by atomic mass is 10.3. The maximum atomic E-state index is 5.57. The van der Waals surface area contributed by atoms with Crippen molar-refractivity contribution in [2.24, 2.45) is 0 Å². The van der Waals surface area contributed by atoms with Crippen LogP contribution in [0, 0.1) is 6.92 Å². The monoisotopic (exact) mass is 251 g/mol. The van der Waals surface area contributed by atoms with Crippen molar-refractivity contribution in [1.29, 1.82) is 0 Å². The summed E-state index contributed by atoms with van der Waals surface area (Å²) in [6.45, 7) is 7.65. The normalized spacial score (nSPS) is 10.8. The molecule has 0 saturated carbocycles. The number of rotatable bonds is 5. The number of thiophene rings is 1. The molecule has 92 valence electrons. The molecule has 5 heteroatoms. The molecule has 0 fully saturated rings. The van der Waals surface area contributed by atoms with E-state index in [1.807, 2.05) is 6.92 Å². The lowest BCUT2D eigenvalue weighted by Gasteiger charge is -2.07. The Morgan fingerprint density at radius 3 is 2.88 bits per heavy atom. The molecule has 1 N–H and O–H groups in total. The molecule has 0 atom stereocenters. The Bertz CT molecular complexity index is 510. The summed E-state index contributed by atoms with van der Waals surface area (Å²) in [7, 11) is 0. The predicted octanol–water partition coefficient (Wildman–Crippen LogP) is 3.22. The van der Waals surface area contributed by atoms with E-state index in [1.54, 1.807) is 11.3 Å². The van der Waals surface area contributed by atoms with Crippen molar-refractivity contribution < 1.29 is 4.74 Å². The Hall–Kier alpha value is -1.36. The van der Waals surface area contributed by atoms with E-state index in [-0.39, 0.29) is 0 Å². The standard InChI is InChI=1S/C12H17N3OS/c1-4-6-13-12-14-10(16-5-2)9-7-8(3)17-11(9)15-12/h7H,4-6H2,1-3H3,(H,13,14,15). The summed E-state index contributed by atoms with van der Waals surface area (Å²) in [5.74, 6) is 1.34. The van der Waals surface area contributed by atoms with E-state index in [2.05, 4.69) is 35.2 Å². The summed E-state index contributed by atoms with van der Waals surface area (Å²) >= 11 is 1.67. The zero-order valence-electron chi connectivity index (χ0n) is 10.4. The number of aryl methyl sites for hydroxylation is 1. The van der Waals surface area contributed by atoms with Gasteiger partial charge in [-0.1, -0.05) is 6.92 Å². The lowest BCUT2D eigenvalue weighted by molar-refractivity contribution is 0.331. The Kier molecular flexibility index (Phi) is 3.78. The quantitative estimate of drug-likeness (QED) is 0.886. The van der Waals surface area contributed by atoms with Gasteiger partial charge in [0.05, 0.1) is 12.0 Å². The van der Waals surface area contributed by atoms with Gasteiger partial charge in [-0.2, -0.15) is 4.98 Å². The lowest BCUT2D eigenvalue weighted by Crippen LogP contribution is -2.05. The van der Waals surface area contributed by atoms with Crippen LogP contribution in [0.2, 0.25) is 0 Å². The number of fused-ring (bicyclic) bond motifs is 1. The molecule has 0 aliphatic heterocycles. The molecule has 0 aliphatic carbocycles. The van der Waals surface area contributed by atoms with Gasteiger partial charge in [0.2, 0.25) is 11.8 Å². The molecular formula is C12H17N3OS. The molecule has 2 aromatic heterocycles. The summed E-state index contributed by atoms with van der Waals surface area (Å²) < 4.78 is 5.57. The molecule has 4 nitrogen and oxygen atoms in total. The number of hydrogen-bond donors (Lipinski definition) is 1. The van der Waals surface area contributed by atoms with Gasteiger partial charge in [-0.05, 0) is 26.3 Å². The highest BCUT2D eigenvalue weighted by molar-refractivity contribution is 7.18. The second-order valence-electron chi connectivity index (χ2n) is 3.79. The number of anilines is 1. The third-order valence-electron chi connectivity index (χ3n) is 2.30. The second kappa shape index (κ2) is 5.31. The van der Waals surface area contributed by atoms with Gasteiger partial charge in [0, 0.05) is 11.4 Å². The van der Waals surface area contributed by atoms with Crippen LogP contribution in [0.25, 0.3) is 10.2 Å². The van der Waals surface area contributed by atoms with Gasteiger partial charge in [0.1, 0.15) is 4.83 Å². The minimum absolute atomic E-state index is 0.619. The first-order valence-electron chi connectivity index (χ1n) is 5.89. The van der Waals surface area contributed by atoms with E-state index in [4.69, 9.17) is 4.74 Å². The molecule has 2 heterocycles. The fourth-order valence-corrected chi connectivity index (χ4v) is 2.45. The molecule has 0 radical (unpaired) electrons. The Morgan fingerprint density at radius 1 is 1.35 bits per heavy atom. The molecule has 0 saturated heterocycles. The fourth-order valence-electron chi connectivity index (χ4n) is 1.58. The highest BCUT2D eigenvalue weighted by Gasteiger charge is 2.10. The van der Waals surface area contributed by atoms with Crippen LogP contribution in [-0.4, -0.2) is 23.1 Å². The molecule has 0 aromatic carbocycles. The van der Waals surface area contributed by atoms with Crippen molar-refractivity contribution in [1.82, 2.24) is 9.97 Å². The third-order valence-corrected chi connectivity index (χ3v) is 3.24. The molecule has 17 heavy (non-hydrogen) atoms. The number of ether oxygens (including phenoxy) is 1. The summed E-state index contributed by atoms with van der Waals surface area (Å²) in [6, 6.07) is 2.08. The van der Waals surface area contributed by atoms with Crippen molar-refractivity contribution >= 4 is 27.5 Å². The maximum Gasteiger partial charge on any atom is 0.227 e. The van der Waals surface area contributed by atoms with E-state index in [1.165, 1.54) is 4.88 Å². The first-order chi connectivity index (χ1) is 8.24. The van der Waals surface area contributed by atoms with Gasteiger partial charge in [-0.3, -0.25) is 0 Å². The van der Waals surface area contributed by atoms with Crippen molar-refractivity contribution in [2.45, 2.75) is 27.2 Å². The molecule has 0 spiro atoms. The minimum Gasteiger partial charge on any atom is -0.477 e. The van der Waals surface area contributed by atoms with Crippen LogP contribution in [0.15, 0.2) is 6.07 Å². The van der Waals surface area contributed by atoms with Crippen LogP contribution in [0.3, 0.4) is 0 Å². The maximum absolute atomic E-state index is 5.57. The fraction of sp³-hybridized carbons (Fsp3) is 0.500. The van der Waals surface area contributed by atoms with E-state index in [0.29, 0.717) is 18.4 Å². The van der Waals surface area contributed by atoms with Crippen LogP contribution in [-0.2, 0) is 0 Å². The van der Waals surface area contributed by atoms with Gasteiger partial charge >= 0.3 is 0 Å². The molecular weight excluding hydrogens is 234 g/mol. The smallest absolute Gasteiger partial charge is 0.227 e. The zero-order chi connectivity index (χ0) is 12.3. The largest absolute Gasteiger partial charge is 0.477 e. The average molecular weight is 251 g/mol. The first kappa shape index (κ1) is 12.1. The van der Waals surface area contributed by atoms with Gasteiger partial charge < -0.3 is 10.1 Å². The van der Waals surface area contributed by atoms with Crippen LogP contribution in [0.5, 0.6) is 5.88 Å². The number of nitrogens with one attached hydrogen (secondary N) is 1. The molecule has 2 aromatic rings. The Labute approximate surface area is 105 Å². The number of hydrogen-bond acceptors (Lipinski definition) is 5. The zero-order valence-corrected chi connectivity index (χ0v) is 11.2. The molecule has 0 unspecified atom stereocenters. The minimum atomic E-state index is 0.619. The van der Waals surface area contributed by atoms with Gasteiger partial charge in [-0.25, -0.2) is 4.98 Å². The highest BCUT2D eigenvalue weighted by atomic mass is 32.1. The van der Waals surface area contributed by atoms with Crippen molar-refractivity contribution in [3.63, 3.8) is 0 Å². The van der Waals surface area contributed by atoms with Crippen molar-refractivity contribution in [3.8, 4) is 5.88 Å². The van der Waals surface area contributed by atoms with Crippen LogP contribution < -0.4 is 10.1 Å². The van der Waals surface area contributed by atoms with Crippen molar-refractivity contribution in [3.05, 3.63) is 10.9 Å². The number of aromatic nitrogens is 2. The van der Waals surface area contributed by atoms with Gasteiger partial charge in [-0.15, -0.1) is 11.3 Å². The third kappa shape index (κ3) is 2.66. The molecule has 0 bridgehead atoms. The van der Waals surface area contributed by atoms with Gasteiger partial charge in [0.15, 0.2) is 0 Å². The van der Waals surface area contributed by atoms with E-state index in [0.717, 1.165) is 23.2 Å². The topological polar surface area (TPSA) is 47.0 Å². The van der Waals surface area contributed by atoms with Crippen LogP contribution >= 0.6 is 11.3 Å². The number of nitrogens with zero attached hydrogens (tertiary/aromatic N) is 2. The van der Waals surface area contributed by atoms with E-state index < -0.39 is 0 Å². The van der Waals surface area contributed by atoms with E-state index >= 15 is 0 Å². The van der Waals surface area contributed by atoms with Crippen molar-refractivity contribution in [2.75, 3.05) is 18.5 Å². The van der Waals surface area contributed by atoms with E-state index in [9.17, 15) is 0 Å². The summed E-state index contributed by atoms with van der Waals surface area (Å²) in [5, 5.41) is 4.21. The molecule has 0 amide bonds. The predicted molar refractivity (Wildman–Crippen MR) is 72.1 cm³/mol. The molecule has 2 rings (SSSR count). The Balaban J connectivity index is 2.42. The average Bonchev–Trinajstić information content (AvgIpc) is 2.67. The van der Waals surface area contributed by atoms with Gasteiger partial charge in [0.25, 0.3) is 0 Å². The Morgan fingerprint density at radius 2 is 2.18 bits per heavy atom. The second-order valence-corrected chi connectivity index (χ2v) is 5.02. The summed E-state index contributed by atoms with van der Waals surface area (Å²) in [5.41, 5.74) is 0. The SMILES string of the molecule is CCCNc1nc(OCC)c2cc(C)sc2n1. The van der Waals surface area contributed by atoms with Crippen LogP contribution in [0.4, 0.5) is 5.95 Å². The summed E-state index contributed by atoms with van der Waals surface area (Å²) in [4.78, 5) is 11.1. The first-order valence-corrected chi connectivity index (χ1v) is 6.71.